The van der Waals surface area contributed by atoms with Gasteiger partial charge in [-0.15, -0.1) is 0 Å². The van der Waals surface area contributed by atoms with Gasteiger partial charge < -0.3 is 4.57 Å². The molecule has 0 bridgehead atoms. The monoisotopic (exact) mass is 524 g/mol. The van der Waals surface area contributed by atoms with E-state index in [4.69, 9.17) is 4.98 Å². The summed E-state index contributed by atoms with van der Waals surface area (Å²) >= 11 is 3.56. The minimum Gasteiger partial charge on any atom is -0.309 e. The first-order chi connectivity index (χ1) is 17.8. The third-order valence-corrected chi connectivity index (χ3v) is 7.40. The van der Waals surface area contributed by atoms with Crippen molar-refractivity contribution in [1.82, 2.24) is 9.55 Å². The lowest BCUT2D eigenvalue weighted by Gasteiger charge is -2.12. The highest BCUT2D eigenvalue weighted by atomic mass is 79.9. The van der Waals surface area contributed by atoms with E-state index in [2.05, 4.69) is 148 Å². The van der Waals surface area contributed by atoms with Gasteiger partial charge in [-0.3, -0.25) is 0 Å². The molecule has 0 saturated heterocycles. The summed E-state index contributed by atoms with van der Waals surface area (Å²) in [5.41, 5.74) is 9.02. The Balaban J connectivity index is 1.38. The third-order valence-electron chi connectivity index (χ3n) is 6.87. The van der Waals surface area contributed by atoms with E-state index in [9.17, 15) is 0 Å². The van der Waals surface area contributed by atoms with Gasteiger partial charge in [0.25, 0.3) is 0 Å². The minimum absolute atomic E-state index is 0.973. The molecule has 0 aliphatic carbocycles. The molecule has 0 radical (unpaired) electrons. The first-order valence-electron chi connectivity index (χ1n) is 12.0. The third kappa shape index (κ3) is 3.43. The second-order valence-corrected chi connectivity index (χ2v) is 9.91. The molecule has 0 saturated carbocycles. The summed E-state index contributed by atoms with van der Waals surface area (Å²) < 4.78 is 3.42. The number of halogens is 1. The molecular weight excluding hydrogens is 504 g/mol. The van der Waals surface area contributed by atoms with E-state index in [0.717, 1.165) is 32.3 Å². The summed E-state index contributed by atoms with van der Waals surface area (Å²) in [5.74, 6) is 0. The van der Waals surface area contributed by atoms with Crippen molar-refractivity contribution in [2.24, 2.45) is 0 Å². The van der Waals surface area contributed by atoms with Crippen molar-refractivity contribution in [2.75, 3.05) is 0 Å². The number of benzene rings is 5. The van der Waals surface area contributed by atoms with Crippen LogP contribution in [0.3, 0.4) is 0 Å². The van der Waals surface area contributed by atoms with Gasteiger partial charge in [0.05, 0.1) is 22.2 Å². The van der Waals surface area contributed by atoms with Crippen molar-refractivity contribution in [1.29, 1.82) is 0 Å². The fourth-order valence-corrected chi connectivity index (χ4v) is 5.44. The van der Waals surface area contributed by atoms with Crippen LogP contribution in [0.5, 0.6) is 0 Å². The SMILES string of the molecule is Brc1ccc(-c2cc(-c3ccc(-n4c5ccccc5c5ccccc54)cc3)nc3ccccc23)cc1. The second kappa shape index (κ2) is 8.47. The molecule has 3 heteroatoms. The van der Waals surface area contributed by atoms with Gasteiger partial charge in [-0.2, -0.15) is 0 Å². The van der Waals surface area contributed by atoms with Crippen LogP contribution < -0.4 is 0 Å². The lowest BCUT2D eigenvalue weighted by Crippen LogP contribution is -1.94. The Morgan fingerprint density at radius 3 is 1.75 bits per heavy atom. The summed E-state index contributed by atoms with van der Waals surface area (Å²) in [6, 6.07) is 45.0. The Labute approximate surface area is 217 Å². The van der Waals surface area contributed by atoms with Crippen molar-refractivity contribution in [3.05, 3.63) is 132 Å². The highest BCUT2D eigenvalue weighted by Gasteiger charge is 2.13. The maximum atomic E-state index is 5.03. The fourth-order valence-electron chi connectivity index (χ4n) is 5.17. The van der Waals surface area contributed by atoms with E-state index < -0.39 is 0 Å². The van der Waals surface area contributed by atoms with Gasteiger partial charge in [-0.25, -0.2) is 4.98 Å². The van der Waals surface area contributed by atoms with Crippen LogP contribution in [0.2, 0.25) is 0 Å². The maximum Gasteiger partial charge on any atom is 0.0715 e. The standard InChI is InChI=1S/C33H21BrN2/c34-24-17-13-22(14-18-24)29-21-31(35-30-10-4-1-7-26(29)30)23-15-19-25(20-16-23)36-32-11-5-2-8-27(32)28-9-3-6-12-33(28)36/h1-21H. The average Bonchev–Trinajstić information content (AvgIpc) is 3.27. The summed E-state index contributed by atoms with van der Waals surface area (Å²) in [7, 11) is 0. The van der Waals surface area contributed by atoms with E-state index in [1.807, 2.05) is 0 Å². The molecule has 2 nitrogen and oxygen atoms in total. The topological polar surface area (TPSA) is 17.8 Å². The summed E-state index contributed by atoms with van der Waals surface area (Å²) in [6.45, 7) is 0. The van der Waals surface area contributed by atoms with Crippen LogP contribution in [0.15, 0.2) is 132 Å². The van der Waals surface area contributed by atoms with Gasteiger partial charge in [0.15, 0.2) is 0 Å². The molecule has 5 aromatic carbocycles. The summed E-state index contributed by atoms with van der Waals surface area (Å²) in [4.78, 5) is 5.03. The number of hydrogen-bond donors (Lipinski definition) is 0. The number of pyridine rings is 1. The molecule has 0 fully saturated rings. The van der Waals surface area contributed by atoms with E-state index in [1.165, 1.54) is 32.9 Å². The van der Waals surface area contributed by atoms with Crippen LogP contribution in [0.4, 0.5) is 0 Å². The molecule has 0 aliphatic heterocycles. The van der Waals surface area contributed by atoms with E-state index in [0.29, 0.717) is 0 Å². The van der Waals surface area contributed by atoms with Crippen LogP contribution in [-0.2, 0) is 0 Å². The van der Waals surface area contributed by atoms with Crippen LogP contribution >= 0.6 is 15.9 Å². The Kier molecular flexibility index (Phi) is 4.97. The number of rotatable bonds is 3. The number of nitrogens with zero attached hydrogens (tertiary/aromatic N) is 2. The number of fused-ring (bicyclic) bond motifs is 4. The zero-order valence-electron chi connectivity index (χ0n) is 19.4. The Morgan fingerprint density at radius 1 is 0.528 bits per heavy atom. The number of hydrogen-bond acceptors (Lipinski definition) is 1. The molecule has 0 amide bonds. The molecule has 0 aliphatic rings. The van der Waals surface area contributed by atoms with Gasteiger partial charge in [0, 0.05) is 31.9 Å². The Bertz CT molecular complexity index is 1830. The van der Waals surface area contributed by atoms with Crippen LogP contribution in [0, 0.1) is 0 Å². The smallest absolute Gasteiger partial charge is 0.0715 e. The highest BCUT2D eigenvalue weighted by molar-refractivity contribution is 9.10. The average molecular weight is 525 g/mol. The molecule has 0 spiro atoms. The zero-order chi connectivity index (χ0) is 24.1. The quantitative estimate of drug-likeness (QED) is 0.225. The molecule has 0 atom stereocenters. The lowest BCUT2D eigenvalue weighted by atomic mass is 9.98. The fraction of sp³-hybridized carbons (Fsp3) is 0. The zero-order valence-corrected chi connectivity index (χ0v) is 21.0. The van der Waals surface area contributed by atoms with Crippen LogP contribution in [-0.4, -0.2) is 9.55 Å². The van der Waals surface area contributed by atoms with E-state index in [1.54, 1.807) is 0 Å². The minimum atomic E-state index is 0.973. The normalized spacial score (nSPS) is 11.5. The summed E-state index contributed by atoms with van der Waals surface area (Å²) in [6.07, 6.45) is 0. The van der Waals surface area contributed by atoms with E-state index >= 15 is 0 Å². The predicted octanol–water partition coefficient (Wildman–Crippen LogP) is 9.43. The van der Waals surface area contributed by atoms with E-state index in [-0.39, 0.29) is 0 Å². The predicted molar refractivity (Wildman–Crippen MR) is 155 cm³/mol. The first-order valence-corrected chi connectivity index (χ1v) is 12.8. The van der Waals surface area contributed by atoms with Gasteiger partial charge in [-0.05, 0) is 59.7 Å². The Morgan fingerprint density at radius 2 is 1.08 bits per heavy atom. The van der Waals surface area contributed by atoms with Gasteiger partial charge in [0.1, 0.15) is 0 Å². The first kappa shape index (κ1) is 21.1. The molecular formula is C33H21BrN2. The summed E-state index contributed by atoms with van der Waals surface area (Å²) in [5, 5.41) is 3.70. The molecule has 0 unspecified atom stereocenters. The van der Waals surface area contributed by atoms with Crippen molar-refractivity contribution in [2.45, 2.75) is 0 Å². The van der Waals surface area contributed by atoms with Crippen LogP contribution in [0.25, 0.3) is 60.8 Å². The molecule has 0 N–H and O–H groups in total. The van der Waals surface area contributed by atoms with Crippen molar-refractivity contribution >= 4 is 48.6 Å². The molecule has 2 heterocycles. The highest BCUT2D eigenvalue weighted by Crippen LogP contribution is 2.35. The maximum absolute atomic E-state index is 5.03. The molecule has 36 heavy (non-hydrogen) atoms. The number of aromatic nitrogens is 2. The van der Waals surface area contributed by atoms with Crippen molar-refractivity contribution in [3.8, 4) is 28.1 Å². The number of para-hydroxylation sites is 3. The van der Waals surface area contributed by atoms with Gasteiger partial charge in [-0.1, -0.05) is 94.8 Å². The molecule has 7 rings (SSSR count). The van der Waals surface area contributed by atoms with Crippen molar-refractivity contribution < 1.29 is 0 Å². The van der Waals surface area contributed by atoms with Crippen molar-refractivity contribution in [3.63, 3.8) is 0 Å². The Hall–Kier alpha value is -4.21. The second-order valence-electron chi connectivity index (χ2n) is 9.00. The molecule has 2 aromatic heterocycles. The largest absolute Gasteiger partial charge is 0.309 e. The van der Waals surface area contributed by atoms with Gasteiger partial charge in [0.2, 0.25) is 0 Å². The molecule has 170 valence electrons. The molecule has 7 aromatic rings. The van der Waals surface area contributed by atoms with Crippen LogP contribution in [0.1, 0.15) is 0 Å². The van der Waals surface area contributed by atoms with Gasteiger partial charge >= 0.3 is 0 Å². The lowest BCUT2D eigenvalue weighted by molar-refractivity contribution is 1.18.